The van der Waals surface area contributed by atoms with E-state index >= 15 is 0 Å². The van der Waals surface area contributed by atoms with E-state index in [1.807, 2.05) is 19.1 Å². The number of hydrogen-bond acceptors (Lipinski definition) is 5. The number of sulfonamides is 1. The Bertz CT molecular complexity index is 984. The number of aryl methyl sites for hydroxylation is 1. The molecular formula is C20H22BrNO5S. The largest absolute Gasteiger partial charge is 0.486 e. The van der Waals surface area contributed by atoms with Crippen LogP contribution >= 0.6 is 15.9 Å². The third-order valence-electron chi connectivity index (χ3n) is 5.24. The quantitative estimate of drug-likeness (QED) is 0.730. The van der Waals surface area contributed by atoms with Gasteiger partial charge in [0.15, 0.2) is 0 Å². The fourth-order valence-electron chi connectivity index (χ4n) is 3.67. The molecule has 2 aromatic rings. The van der Waals surface area contributed by atoms with Gasteiger partial charge in [0.1, 0.15) is 11.9 Å². The third kappa shape index (κ3) is 3.54. The van der Waals surface area contributed by atoms with Gasteiger partial charge in [0.05, 0.1) is 36.9 Å². The topological polar surface area (TPSA) is 76.1 Å². The van der Waals surface area contributed by atoms with Gasteiger partial charge in [-0.2, -0.15) is 0 Å². The molecule has 1 atom stereocenters. The van der Waals surface area contributed by atoms with Crippen molar-refractivity contribution in [1.29, 1.82) is 0 Å². The molecule has 0 aromatic heterocycles. The van der Waals surface area contributed by atoms with Crippen molar-refractivity contribution in [3.63, 3.8) is 0 Å². The van der Waals surface area contributed by atoms with Crippen LogP contribution in [0.3, 0.4) is 0 Å². The molecular weight excluding hydrogens is 446 g/mol. The van der Waals surface area contributed by atoms with E-state index in [0.717, 1.165) is 10.0 Å². The van der Waals surface area contributed by atoms with Crippen LogP contribution in [0.5, 0.6) is 5.75 Å². The summed E-state index contributed by atoms with van der Waals surface area (Å²) >= 11 is 3.42. The smallest absolute Gasteiger partial charge is 0.264 e. The highest BCUT2D eigenvalue weighted by Gasteiger charge is 2.44. The van der Waals surface area contributed by atoms with Crippen molar-refractivity contribution >= 4 is 31.6 Å². The average Bonchev–Trinajstić information content (AvgIpc) is 2.64. The SMILES string of the molecule is Cc1cccc(S(=O)(=O)N2C[C@H](CC3(CO)COC3)Oc3ccc(Br)cc32)c1. The Morgan fingerprint density at radius 2 is 2.04 bits per heavy atom. The summed E-state index contributed by atoms with van der Waals surface area (Å²) in [6.07, 6.45) is 0.156. The Morgan fingerprint density at radius 1 is 1.25 bits per heavy atom. The second-order valence-corrected chi connectivity index (χ2v) is 10.3. The van der Waals surface area contributed by atoms with Crippen LogP contribution in [-0.4, -0.2) is 46.0 Å². The summed E-state index contributed by atoms with van der Waals surface area (Å²) < 4.78 is 40.5. The highest BCUT2D eigenvalue weighted by molar-refractivity contribution is 9.10. The minimum absolute atomic E-state index is 0.00924. The standard InChI is InChI=1S/C20H22BrNO5S/c1-14-3-2-4-17(7-14)28(24,25)22-10-16(9-20(11-23)12-26-13-20)27-19-6-5-15(21)8-18(19)22/h2-8,16,23H,9-13H2,1H3/t16-/m0/s1. The number of fused-ring (bicyclic) bond motifs is 1. The lowest BCUT2D eigenvalue weighted by Crippen LogP contribution is -2.52. The Balaban J connectivity index is 1.73. The number of aliphatic hydroxyl groups excluding tert-OH is 1. The molecule has 6 nitrogen and oxygen atoms in total. The number of aliphatic hydroxyl groups is 1. The zero-order valence-corrected chi connectivity index (χ0v) is 17.9. The first-order valence-corrected chi connectivity index (χ1v) is 11.3. The summed E-state index contributed by atoms with van der Waals surface area (Å²) in [4.78, 5) is 0.253. The summed E-state index contributed by atoms with van der Waals surface area (Å²) in [6.45, 7) is 2.96. The lowest BCUT2D eigenvalue weighted by molar-refractivity contribution is -0.151. The number of nitrogens with zero attached hydrogens (tertiary/aromatic N) is 1. The maximum Gasteiger partial charge on any atom is 0.264 e. The van der Waals surface area contributed by atoms with Gasteiger partial charge < -0.3 is 14.6 Å². The van der Waals surface area contributed by atoms with Crippen molar-refractivity contribution in [2.24, 2.45) is 5.41 Å². The van der Waals surface area contributed by atoms with Crippen LogP contribution in [-0.2, 0) is 14.8 Å². The summed E-state index contributed by atoms with van der Waals surface area (Å²) in [7, 11) is -3.76. The predicted molar refractivity (Wildman–Crippen MR) is 109 cm³/mol. The second kappa shape index (κ2) is 7.33. The highest BCUT2D eigenvalue weighted by Crippen LogP contribution is 2.42. The maximum atomic E-state index is 13.5. The van der Waals surface area contributed by atoms with Crippen LogP contribution in [0.2, 0.25) is 0 Å². The maximum absolute atomic E-state index is 13.5. The van der Waals surface area contributed by atoms with Crippen molar-refractivity contribution in [3.8, 4) is 5.75 Å². The minimum atomic E-state index is -3.76. The lowest BCUT2D eigenvalue weighted by Gasteiger charge is -2.44. The molecule has 2 heterocycles. The molecule has 0 spiro atoms. The van der Waals surface area contributed by atoms with Gasteiger partial charge in [-0.1, -0.05) is 28.1 Å². The summed E-state index contributed by atoms with van der Waals surface area (Å²) in [6, 6.07) is 12.3. The van der Waals surface area contributed by atoms with E-state index in [-0.39, 0.29) is 29.6 Å². The predicted octanol–water partition coefficient (Wildman–Crippen LogP) is 3.11. The van der Waals surface area contributed by atoms with Crippen molar-refractivity contribution < 1.29 is 23.0 Å². The molecule has 150 valence electrons. The Morgan fingerprint density at radius 3 is 2.68 bits per heavy atom. The van der Waals surface area contributed by atoms with Crippen LogP contribution in [0.25, 0.3) is 0 Å². The third-order valence-corrected chi connectivity index (χ3v) is 7.51. The van der Waals surface area contributed by atoms with Crippen molar-refractivity contribution in [2.75, 3.05) is 30.7 Å². The van der Waals surface area contributed by atoms with Gasteiger partial charge in [-0.15, -0.1) is 0 Å². The molecule has 2 aliphatic heterocycles. The summed E-state index contributed by atoms with van der Waals surface area (Å²) in [5, 5.41) is 9.76. The molecule has 1 N–H and O–H groups in total. The van der Waals surface area contributed by atoms with Crippen LogP contribution in [0.4, 0.5) is 5.69 Å². The van der Waals surface area contributed by atoms with Gasteiger partial charge in [0.25, 0.3) is 10.0 Å². The number of halogens is 1. The molecule has 0 bridgehead atoms. The molecule has 1 saturated heterocycles. The number of ether oxygens (including phenoxy) is 2. The molecule has 0 amide bonds. The first-order valence-electron chi connectivity index (χ1n) is 9.07. The van der Waals surface area contributed by atoms with Crippen LogP contribution in [0.15, 0.2) is 51.8 Å². The molecule has 0 aliphatic carbocycles. The van der Waals surface area contributed by atoms with Gasteiger partial charge in [-0.3, -0.25) is 4.31 Å². The molecule has 4 rings (SSSR count). The number of benzene rings is 2. The normalized spacial score (nSPS) is 20.8. The van der Waals surface area contributed by atoms with Crippen LogP contribution in [0, 0.1) is 12.3 Å². The van der Waals surface area contributed by atoms with E-state index in [1.165, 1.54) is 4.31 Å². The van der Waals surface area contributed by atoms with E-state index < -0.39 is 10.0 Å². The summed E-state index contributed by atoms with van der Waals surface area (Å²) in [5.74, 6) is 0.518. The molecule has 1 fully saturated rings. The van der Waals surface area contributed by atoms with Gasteiger partial charge in [0.2, 0.25) is 0 Å². The Hall–Kier alpha value is -1.61. The second-order valence-electron chi connectivity index (χ2n) is 7.56. The van der Waals surface area contributed by atoms with Crippen molar-refractivity contribution in [2.45, 2.75) is 24.3 Å². The monoisotopic (exact) mass is 467 g/mol. The zero-order chi connectivity index (χ0) is 19.9. The molecule has 0 radical (unpaired) electrons. The van der Waals surface area contributed by atoms with Gasteiger partial charge in [-0.05, 0) is 49.2 Å². The number of rotatable bonds is 5. The Labute approximate surface area is 173 Å². The lowest BCUT2D eigenvalue weighted by atomic mass is 9.81. The van der Waals surface area contributed by atoms with Gasteiger partial charge in [0, 0.05) is 9.89 Å². The average molecular weight is 468 g/mol. The van der Waals surface area contributed by atoms with E-state index in [4.69, 9.17) is 9.47 Å². The highest BCUT2D eigenvalue weighted by atomic mass is 79.9. The molecule has 2 aromatic carbocycles. The van der Waals surface area contributed by atoms with E-state index in [1.54, 1.807) is 30.3 Å². The number of hydrogen-bond donors (Lipinski definition) is 1. The first kappa shape index (κ1) is 19.7. The van der Waals surface area contributed by atoms with Crippen molar-refractivity contribution in [1.82, 2.24) is 0 Å². The van der Waals surface area contributed by atoms with Gasteiger partial charge in [-0.25, -0.2) is 8.42 Å². The van der Waals surface area contributed by atoms with E-state index in [0.29, 0.717) is 31.1 Å². The van der Waals surface area contributed by atoms with Crippen LogP contribution in [0.1, 0.15) is 12.0 Å². The summed E-state index contributed by atoms with van der Waals surface area (Å²) in [5.41, 5.74) is 1.03. The molecule has 0 saturated carbocycles. The molecule has 0 unspecified atom stereocenters. The minimum Gasteiger partial charge on any atom is -0.486 e. The van der Waals surface area contributed by atoms with Crippen LogP contribution < -0.4 is 9.04 Å². The fourth-order valence-corrected chi connectivity index (χ4v) is 5.62. The molecule has 28 heavy (non-hydrogen) atoms. The van der Waals surface area contributed by atoms with Crippen molar-refractivity contribution in [3.05, 3.63) is 52.5 Å². The molecule has 8 heteroatoms. The number of anilines is 1. The van der Waals surface area contributed by atoms with E-state index in [9.17, 15) is 13.5 Å². The fraction of sp³-hybridized carbons (Fsp3) is 0.400. The molecule has 2 aliphatic rings. The Kier molecular flexibility index (Phi) is 5.16. The zero-order valence-electron chi connectivity index (χ0n) is 15.5. The first-order chi connectivity index (χ1) is 13.3. The van der Waals surface area contributed by atoms with Gasteiger partial charge >= 0.3 is 0 Å². The van der Waals surface area contributed by atoms with E-state index in [2.05, 4.69) is 15.9 Å².